The summed E-state index contributed by atoms with van der Waals surface area (Å²) in [7, 11) is -6.59. The molecule has 14 nitrogen and oxygen atoms in total. The molecule has 0 aliphatic heterocycles. The molecule has 0 heterocycles. The molecule has 2 bridgehead atoms. The summed E-state index contributed by atoms with van der Waals surface area (Å²) in [5.41, 5.74) is 8.38. The Kier molecular flexibility index (Phi) is 11.0. The van der Waals surface area contributed by atoms with Gasteiger partial charge in [0.2, 0.25) is 5.91 Å². The van der Waals surface area contributed by atoms with Crippen LogP contribution in [0.25, 0.3) is 0 Å². The first kappa shape index (κ1) is 34.1. The smallest absolute Gasteiger partial charge is 0.273 e. The number of allylic oxidation sites excluding steroid dienone is 1. The van der Waals surface area contributed by atoms with E-state index >= 15 is 0 Å². The Bertz CT molecular complexity index is 1360. The van der Waals surface area contributed by atoms with Crippen molar-refractivity contribution in [2.45, 2.75) is 45.6 Å². The highest BCUT2D eigenvalue weighted by atomic mass is 32.2. The number of amides is 2. The van der Waals surface area contributed by atoms with Crippen LogP contribution in [0.2, 0.25) is 0 Å². The van der Waals surface area contributed by atoms with Gasteiger partial charge in [0, 0.05) is 25.3 Å². The molecule has 3 atom stereocenters. The summed E-state index contributed by atoms with van der Waals surface area (Å²) >= 11 is 0. The van der Waals surface area contributed by atoms with E-state index < -0.39 is 72.4 Å². The van der Waals surface area contributed by atoms with Gasteiger partial charge in [0.25, 0.3) is 15.9 Å². The van der Waals surface area contributed by atoms with Crippen LogP contribution in [-0.4, -0.2) is 101 Å². The fourth-order valence-electron chi connectivity index (χ4n) is 5.59. The molecule has 6 N–H and O–H groups in total. The molecule has 41 heavy (non-hydrogen) atoms. The number of rotatable bonds is 14. The summed E-state index contributed by atoms with van der Waals surface area (Å²) in [6.45, 7) is 3.45. The monoisotopic (exact) mass is 616 g/mol. The standard InChI is InChI=1S/C25H40N6O8S2/c1-24(2)17-9-10-25(24,20(33)13-17)16-41(38,39)30-19(8-6-12-40(4,36)37)22(35)31(3)14-21(34)29-18(15-32)7-5-11-28-23(26)27/h6-8,15,17,20,33H,5,9-14,16H2,1-4H3,(H,29,34)(H4,26,27,28)/b8-6+,18-7-,30-19?. The van der Waals surface area contributed by atoms with E-state index in [1.165, 1.54) is 13.1 Å². The number of nitrogens with zero attached hydrogens (tertiary/aromatic N) is 3. The van der Waals surface area contributed by atoms with Gasteiger partial charge in [-0.25, -0.2) is 16.8 Å². The quantitative estimate of drug-likeness (QED) is 0.0602. The minimum absolute atomic E-state index is 0.0852. The number of carbonyl (C=O) groups is 3. The van der Waals surface area contributed by atoms with Gasteiger partial charge in [0.05, 0.1) is 29.9 Å². The van der Waals surface area contributed by atoms with E-state index in [0.29, 0.717) is 19.1 Å². The predicted molar refractivity (Wildman–Crippen MR) is 155 cm³/mol. The van der Waals surface area contributed by atoms with Crippen molar-refractivity contribution >= 4 is 49.6 Å². The lowest BCUT2D eigenvalue weighted by molar-refractivity contribution is -0.129. The first-order valence-electron chi connectivity index (χ1n) is 12.9. The van der Waals surface area contributed by atoms with Crippen LogP contribution in [0, 0.1) is 16.7 Å². The van der Waals surface area contributed by atoms with E-state index in [0.717, 1.165) is 29.7 Å². The third kappa shape index (κ3) is 8.94. The number of likely N-dealkylation sites (N-methyl/N-ethyl adjacent to an activating group) is 1. The predicted octanol–water partition coefficient (Wildman–Crippen LogP) is -1.13. The Hall–Kier alpha value is -3.11. The van der Waals surface area contributed by atoms with Crippen LogP contribution in [0.1, 0.15) is 39.5 Å². The van der Waals surface area contributed by atoms with Crippen molar-refractivity contribution in [3.8, 4) is 0 Å². The molecule has 2 saturated carbocycles. The first-order chi connectivity index (χ1) is 18.8. The van der Waals surface area contributed by atoms with Gasteiger partial charge in [-0.15, -0.1) is 0 Å². The molecular weight excluding hydrogens is 576 g/mol. The number of sulfonamides is 1. The van der Waals surface area contributed by atoms with Crippen molar-refractivity contribution in [1.82, 2.24) is 10.2 Å². The lowest BCUT2D eigenvalue weighted by Crippen LogP contribution is -2.44. The van der Waals surface area contributed by atoms with Crippen LogP contribution < -0.4 is 16.8 Å². The van der Waals surface area contributed by atoms with Crippen molar-refractivity contribution in [2.24, 2.45) is 37.6 Å². The molecular formula is C25H40N6O8S2. The van der Waals surface area contributed by atoms with E-state index in [4.69, 9.17) is 11.5 Å². The third-order valence-corrected chi connectivity index (χ3v) is 10.0. The number of aliphatic hydroxyl groups excluding tert-OH is 1. The van der Waals surface area contributed by atoms with Gasteiger partial charge in [-0.3, -0.25) is 19.4 Å². The highest BCUT2D eigenvalue weighted by Gasteiger charge is 2.65. The first-order valence-corrected chi connectivity index (χ1v) is 16.6. The molecule has 0 radical (unpaired) electrons. The van der Waals surface area contributed by atoms with E-state index in [9.17, 15) is 36.3 Å². The molecule has 2 amide bonds. The van der Waals surface area contributed by atoms with Crippen molar-refractivity contribution in [2.75, 3.05) is 37.9 Å². The second-order valence-corrected chi connectivity index (χ2v) is 15.0. The molecule has 3 unspecified atom stereocenters. The van der Waals surface area contributed by atoms with E-state index in [-0.39, 0.29) is 30.5 Å². The van der Waals surface area contributed by atoms with Gasteiger partial charge < -0.3 is 26.8 Å². The summed E-state index contributed by atoms with van der Waals surface area (Å²) in [5.74, 6) is -2.65. The Balaban J connectivity index is 2.26. The second-order valence-electron chi connectivity index (χ2n) is 11.1. The molecule has 0 aromatic carbocycles. The number of guanidine groups is 1. The lowest BCUT2D eigenvalue weighted by atomic mass is 9.70. The normalized spacial score (nSPS) is 24.3. The summed E-state index contributed by atoms with van der Waals surface area (Å²) in [5, 5.41) is 13.1. The molecule has 230 valence electrons. The Morgan fingerprint density at radius 1 is 1.20 bits per heavy atom. The van der Waals surface area contributed by atoms with Gasteiger partial charge in [0.1, 0.15) is 5.71 Å². The number of nitrogens with one attached hydrogen (secondary N) is 1. The van der Waals surface area contributed by atoms with Gasteiger partial charge in [-0.2, -0.15) is 4.40 Å². The van der Waals surface area contributed by atoms with Crippen molar-refractivity contribution < 1.29 is 36.3 Å². The van der Waals surface area contributed by atoms with Crippen LogP contribution in [0.3, 0.4) is 0 Å². The molecule has 0 aromatic rings. The molecule has 0 aromatic heterocycles. The van der Waals surface area contributed by atoms with E-state index in [1.807, 2.05) is 13.8 Å². The number of nitrogens with two attached hydrogens (primary N) is 2. The van der Waals surface area contributed by atoms with Crippen molar-refractivity contribution in [1.29, 1.82) is 0 Å². The largest absolute Gasteiger partial charge is 0.392 e. The zero-order valence-electron chi connectivity index (χ0n) is 23.7. The van der Waals surface area contributed by atoms with Gasteiger partial charge >= 0.3 is 0 Å². The Morgan fingerprint density at radius 3 is 2.37 bits per heavy atom. The number of sulfone groups is 1. The highest BCUT2D eigenvalue weighted by molar-refractivity contribution is 7.91. The van der Waals surface area contributed by atoms with Crippen LogP contribution in [-0.2, 0) is 34.2 Å². The number of hydrogen-bond donors (Lipinski definition) is 4. The van der Waals surface area contributed by atoms with Crippen molar-refractivity contribution in [3.05, 3.63) is 23.9 Å². The topological polar surface area (TPSA) is 232 Å². The van der Waals surface area contributed by atoms with Crippen LogP contribution in [0.4, 0.5) is 0 Å². The molecule has 0 saturated heterocycles. The minimum Gasteiger partial charge on any atom is -0.392 e. The molecule has 16 heteroatoms. The number of fused-ring (bicyclic) bond motifs is 2. The average Bonchev–Trinajstić information content (AvgIpc) is 3.17. The SMILES string of the molecule is CN(CC(=O)N/C(C=O)=C\CCN=C(N)N)C(=O)C(/C=C/CS(C)(=O)=O)=NS(=O)(=O)CC12CCC(CC1O)C2(C)C. The maximum atomic E-state index is 13.3. The van der Waals surface area contributed by atoms with Crippen LogP contribution >= 0.6 is 0 Å². The summed E-state index contributed by atoms with van der Waals surface area (Å²) in [6, 6.07) is 0. The van der Waals surface area contributed by atoms with Crippen LogP contribution in [0.5, 0.6) is 0 Å². The number of aliphatic imine (C=N–C) groups is 1. The number of carbonyl (C=O) groups excluding carboxylic acids is 3. The molecule has 0 spiro atoms. The third-order valence-electron chi connectivity index (χ3n) is 7.89. The lowest BCUT2D eigenvalue weighted by Gasteiger charge is -2.39. The Labute approximate surface area is 241 Å². The molecule has 2 rings (SSSR count). The highest BCUT2D eigenvalue weighted by Crippen LogP contribution is 2.66. The summed E-state index contributed by atoms with van der Waals surface area (Å²) in [6.07, 6.45) is 5.99. The fourth-order valence-corrected chi connectivity index (χ4v) is 7.90. The average molecular weight is 617 g/mol. The molecule has 2 fully saturated rings. The molecule has 2 aliphatic carbocycles. The number of aliphatic hydroxyl groups is 1. The zero-order chi connectivity index (χ0) is 31.2. The van der Waals surface area contributed by atoms with Gasteiger partial charge in [-0.05, 0) is 43.1 Å². The van der Waals surface area contributed by atoms with E-state index in [2.05, 4.69) is 14.7 Å². The molecule has 2 aliphatic rings. The minimum atomic E-state index is -4.33. The number of aldehydes is 1. The summed E-state index contributed by atoms with van der Waals surface area (Å²) < 4.78 is 53.5. The van der Waals surface area contributed by atoms with Crippen molar-refractivity contribution in [3.63, 3.8) is 0 Å². The van der Waals surface area contributed by atoms with Gasteiger partial charge in [-0.1, -0.05) is 26.0 Å². The van der Waals surface area contributed by atoms with Crippen LogP contribution in [0.15, 0.2) is 33.3 Å². The zero-order valence-corrected chi connectivity index (χ0v) is 25.4. The fraction of sp³-hybridized carbons (Fsp3) is 0.640. The second kappa shape index (κ2) is 13.2. The Morgan fingerprint density at radius 2 is 1.85 bits per heavy atom. The maximum Gasteiger partial charge on any atom is 0.273 e. The number of hydrogen-bond acceptors (Lipinski definition) is 9. The maximum absolute atomic E-state index is 13.3. The van der Waals surface area contributed by atoms with E-state index in [1.54, 1.807) is 0 Å². The summed E-state index contributed by atoms with van der Waals surface area (Å²) in [4.78, 5) is 41.6. The van der Waals surface area contributed by atoms with Gasteiger partial charge in [0.15, 0.2) is 22.1 Å².